The van der Waals surface area contributed by atoms with E-state index in [0.29, 0.717) is 18.2 Å². The molecule has 1 saturated heterocycles. The number of halogens is 3. The van der Waals surface area contributed by atoms with Gasteiger partial charge < -0.3 is 20.1 Å². The first-order chi connectivity index (χ1) is 17.2. The van der Waals surface area contributed by atoms with Gasteiger partial charge in [0.15, 0.2) is 0 Å². The van der Waals surface area contributed by atoms with Gasteiger partial charge in [0.05, 0.1) is 23.2 Å². The van der Waals surface area contributed by atoms with Crippen LogP contribution in [0.4, 0.5) is 24.7 Å². The molecule has 0 radical (unpaired) electrons. The second kappa shape index (κ2) is 9.52. The molecule has 0 unspecified atom stereocenters. The lowest BCUT2D eigenvalue weighted by Crippen LogP contribution is -2.23. The van der Waals surface area contributed by atoms with E-state index in [1.807, 2.05) is 6.92 Å². The first-order valence-electron chi connectivity index (χ1n) is 12.4. The smallest absolute Gasteiger partial charge is 0.298 e. The topological polar surface area (TPSA) is 70.5 Å². The summed E-state index contributed by atoms with van der Waals surface area (Å²) in [6.07, 6.45) is 3.28. The fraction of sp³-hybridized carbons (Fsp3) is 0.481. The van der Waals surface area contributed by atoms with Crippen LogP contribution in [0.2, 0.25) is 0 Å². The Morgan fingerprint density at radius 3 is 2.75 bits per heavy atom. The van der Waals surface area contributed by atoms with Crippen molar-refractivity contribution in [3.63, 3.8) is 0 Å². The number of aliphatic hydroxyl groups is 1. The van der Waals surface area contributed by atoms with Gasteiger partial charge in [-0.15, -0.1) is 0 Å². The largest absolute Gasteiger partial charge is 0.391 e. The molecular weight excluding hydrogens is 469 g/mol. The van der Waals surface area contributed by atoms with Crippen LogP contribution in [0.3, 0.4) is 0 Å². The van der Waals surface area contributed by atoms with E-state index in [1.54, 1.807) is 6.92 Å². The molecular formula is C27H31F3N4O2. The van der Waals surface area contributed by atoms with Gasteiger partial charge in [-0.05, 0) is 62.8 Å². The zero-order valence-corrected chi connectivity index (χ0v) is 20.7. The number of aryl methyl sites for hydroxylation is 2. The van der Waals surface area contributed by atoms with Gasteiger partial charge in [-0.2, -0.15) is 8.78 Å². The van der Waals surface area contributed by atoms with E-state index < -0.39 is 30.0 Å². The van der Waals surface area contributed by atoms with E-state index >= 15 is 4.39 Å². The zero-order valence-electron chi connectivity index (χ0n) is 20.7. The van der Waals surface area contributed by atoms with Crippen molar-refractivity contribution in [2.45, 2.75) is 57.6 Å². The highest BCUT2D eigenvalue weighted by molar-refractivity contribution is 5.96. The Kier molecular flexibility index (Phi) is 6.55. The zero-order chi connectivity index (χ0) is 25.6. The number of aromatic nitrogens is 2. The quantitative estimate of drug-likeness (QED) is 0.473. The highest BCUT2D eigenvalue weighted by Crippen LogP contribution is 2.41. The van der Waals surface area contributed by atoms with Gasteiger partial charge in [0.2, 0.25) is 0 Å². The van der Waals surface area contributed by atoms with Crippen LogP contribution in [-0.4, -0.2) is 48.0 Å². The monoisotopic (exact) mass is 500 g/mol. The number of ether oxygens (including phenoxy) is 1. The van der Waals surface area contributed by atoms with Gasteiger partial charge in [-0.25, -0.2) is 14.4 Å². The third kappa shape index (κ3) is 4.39. The fourth-order valence-corrected chi connectivity index (χ4v) is 5.52. The number of rotatable bonds is 7. The Morgan fingerprint density at radius 1 is 1.25 bits per heavy atom. The first kappa shape index (κ1) is 24.8. The third-order valence-corrected chi connectivity index (χ3v) is 7.22. The van der Waals surface area contributed by atoms with E-state index in [4.69, 9.17) is 4.98 Å². The normalized spacial score (nSPS) is 18.6. The molecule has 1 aliphatic carbocycles. The molecule has 36 heavy (non-hydrogen) atoms. The van der Waals surface area contributed by atoms with Crippen LogP contribution in [-0.2, 0) is 23.5 Å². The minimum absolute atomic E-state index is 0.122. The minimum Gasteiger partial charge on any atom is -0.391 e. The van der Waals surface area contributed by atoms with E-state index in [2.05, 4.69) is 26.0 Å². The molecule has 0 spiro atoms. The average Bonchev–Trinajstić information content (AvgIpc) is 3.48. The third-order valence-electron chi connectivity index (χ3n) is 7.22. The summed E-state index contributed by atoms with van der Waals surface area (Å²) in [5, 5.41) is 14.2. The van der Waals surface area contributed by atoms with Crippen LogP contribution in [0, 0.1) is 12.7 Å². The Bertz CT molecular complexity index is 1300. The van der Waals surface area contributed by atoms with Crippen molar-refractivity contribution < 1.29 is 23.0 Å². The molecule has 0 saturated carbocycles. The summed E-state index contributed by atoms with van der Waals surface area (Å²) in [4.78, 5) is 11.6. The molecule has 9 heteroatoms. The number of methoxy groups -OCH3 is 1. The standard InChI is InChI=1S/C27H31F3N4O2/c1-15(18-6-5-9-22(24(18)28)27(29,30)14-36-3)31-26-21-12-23(34-11-10-17(35)13-34)19-7-4-8-20(19)25(21)32-16(2)33-26/h5-6,9,12,15,17,35H,4,7-8,10-11,13-14H2,1-3H3,(H,31,32,33)/t15-,17+/m1/s1. The van der Waals surface area contributed by atoms with Crippen LogP contribution < -0.4 is 10.2 Å². The number of β-amino-alcohol motifs (C(OH)–C–C–N with tert-alkyl or cyclic N) is 1. The van der Waals surface area contributed by atoms with Gasteiger partial charge in [0.25, 0.3) is 5.92 Å². The predicted octanol–water partition coefficient (Wildman–Crippen LogP) is 5.05. The number of nitrogens with zero attached hydrogens (tertiary/aromatic N) is 3. The van der Waals surface area contributed by atoms with Crippen LogP contribution >= 0.6 is 0 Å². The molecule has 6 nitrogen and oxygen atoms in total. The maximum absolute atomic E-state index is 15.3. The predicted molar refractivity (Wildman–Crippen MR) is 133 cm³/mol. The molecule has 2 aromatic carbocycles. The van der Waals surface area contributed by atoms with Gasteiger partial charge >= 0.3 is 0 Å². The summed E-state index contributed by atoms with van der Waals surface area (Å²) in [5.41, 5.74) is 3.85. The lowest BCUT2D eigenvalue weighted by Gasteiger charge is -2.24. The molecule has 192 valence electrons. The summed E-state index contributed by atoms with van der Waals surface area (Å²) in [7, 11) is 1.16. The number of anilines is 2. The van der Waals surface area contributed by atoms with Crippen LogP contribution in [0.1, 0.15) is 53.9 Å². The SMILES string of the molecule is COCC(F)(F)c1cccc([C@@H](C)Nc2nc(C)nc3c4c(c(N5CC[C@H](O)C5)cc23)CCC4)c1F. The Balaban J connectivity index is 1.56. The molecule has 2 heterocycles. The summed E-state index contributed by atoms with van der Waals surface area (Å²) < 4.78 is 48.8. The van der Waals surface area contributed by atoms with Crippen LogP contribution in [0.5, 0.6) is 0 Å². The number of hydrogen-bond acceptors (Lipinski definition) is 6. The van der Waals surface area contributed by atoms with Crippen LogP contribution in [0.25, 0.3) is 10.9 Å². The first-order valence-corrected chi connectivity index (χ1v) is 12.4. The lowest BCUT2D eigenvalue weighted by atomic mass is 9.99. The molecule has 1 aliphatic heterocycles. The Hall–Kier alpha value is -2.91. The van der Waals surface area contributed by atoms with Gasteiger partial charge in [-0.1, -0.05) is 12.1 Å². The van der Waals surface area contributed by atoms with Gasteiger partial charge in [-0.3, -0.25) is 0 Å². The van der Waals surface area contributed by atoms with Crippen molar-refractivity contribution >= 4 is 22.4 Å². The highest BCUT2D eigenvalue weighted by atomic mass is 19.3. The molecule has 0 amide bonds. The fourth-order valence-electron chi connectivity index (χ4n) is 5.52. The summed E-state index contributed by atoms with van der Waals surface area (Å²) in [5.74, 6) is -3.28. The number of nitrogens with one attached hydrogen (secondary N) is 1. The van der Waals surface area contributed by atoms with Crippen molar-refractivity contribution in [3.05, 3.63) is 58.2 Å². The summed E-state index contributed by atoms with van der Waals surface area (Å²) >= 11 is 0. The van der Waals surface area contributed by atoms with Crippen molar-refractivity contribution in [1.29, 1.82) is 0 Å². The number of hydrogen-bond donors (Lipinski definition) is 2. The van der Waals surface area contributed by atoms with Crippen molar-refractivity contribution in [1.82, 2.24) is 9.97 Å². The lowest BCUT2D eigenvalue weighted by molar-refractivity contribution is -0.0722. The summed E-state index contributed by atoms with van der Waals surface area (Å²) in [6, 6.07) is 5.46. The van der Waals surface area contributed by atoms with Crippen molar-refractivity contribution in [2.75, 3.05) is 37.0 Å². The van der Waals surface area contributed by atoms with Gasteiger partial charge in [0, 0.05) is 36.8 Å². The maximum Gasteiger partial charge on any atom is 0.298 e. The second-order valence-electron chi connectivity index (χ2n) is 9.82. The average molecular weight is 501 g/mol. The molecule has 2 atom stereocenters. The van der Waals surface area contributed by atoms with E-state index in [0.717, 1.165) is 62.0 Å². The molecule has 2 aliphatic rings. The molecule has 1 aromatic heterocycles. The maximum atomic E-state index is 15.3. The second-order valence-corrected chi connectivity index (χ2v) is 9.82. The molecule has 5 rings (SSSR count). The Labute approximate surface area is 208 Å². The highest BCUT2D eigenvalue weighted by Gasteiger charge is 2.36. The van der Waals surface area contributed by atoms with E-state index in [-0.39, 0.29) is 11.7 Å². The van der Waals surface area contributed by atoms with Crippen LogP contribution in [0.15, 0.2) is 24.3 Å². The minimum atomic E-state index is -3.44. The number of benzene rings is 2. The van der Waals surface area contributed by atoms with E-state index in [1.165, 1.54) is 23.3 Å². The molecule has 1 fully saturated rings. The summed E-state index contributed by atoms with van der Waals surface area (Å²) in [6.45, 7) is 4.00. The van der Waals surface area contributed by atoms with Gasteiger partial charge in [0.1, 0.15) is 24.1 Å². The van der Waals surface area contributed by atoms with Crippen molar-refractivity contribution in [2.24, 2.45) is 0 Å². The number of alkyl halides is 2. The van der Waals surface area contributed by atoms with E-state index in [9.17, 15) is 13.9 Å². The Morgan fingerprint density at radius 2 is 2.03 bits per heavy atom. The molecule has 0 bridgehead atoms. The number of aliphatic hydroxyl groups excluding tert-OH is 1. The molecule has 2 N–H and O–H groups in total. The number of fused-ring (bicyclic) bond motifs is 3. The van der Waals surface area contributed by atoms with Crippen molar-refractivity contribution in [3.8, 4) is 0 Å². The molecule has 3 aromatic rings.